The standard InChI is InChI=1S/C20H17F5N4O3S.ClH/c21-14-3-1-11(5-13(14)19-8-31-7-18(19,22)10-33-17(26)29-19)28-16(30)15-4-2-12(6-27-15)32-9-20(23,24)25;/h1-6H,7-10H2,(H2,26,29)(H,28,30);1H/t18-,19-;/m1./s1. The first-order chi connectivity index (χ1) is 15.5. The van der Waals surface area contributed by atoms with Crippen molar-refractivity contribution in [2.45, 2.75) is 17.4 Å². The van der Waals surface area contributed by atoms with Crippen molar-refractivity contribution in [1.29, 1.82) is 0 Å². The van der Waals surface area contributed by atoms with Crippen molar-refractivity contribution >= 4 is 40.9 Å². The number of halogens is 6. The lowest BCUT2D eigenvalue weighted by molar-refractivity contribution is -0.153. The smallest absolute Gasteiger partial charge is 0.422 e. The average molecular weight is 525 g/mol. The number of nitrogens with two attached hydrogens (primary N) is 1. The molecule has 0 aliphatic carbocycles. The monoisotopic (exact) mass is 524 g/mol. The summed E-state index contributed by atoms with van der Waals surface area (Å²) in [6.45, 7) is -1.99. The molecule has 1 saturated heterocycles. The molecule has 4 rings (SSSR count). The third-order valence-corrected chi connectivity index (χ3v) is 6.16. The number of benzene rings is 1. The maximum absolute atomic E-state index is 15.6. The van der Waals surface area contributed by atoms with Gasteiger partial charge in [-0.1, -0.05) is 11.8 Å². The van der Waals surface area contributed by atoms with Gasteiger partial charge in [0.25, 0.3) is 5.91 Å². The quantitative estimate of drug-likeness (QED) is 0.577. The van der Waals surface area contributed by atoms with Crippen LogP contribution in [0, 0.1) is 5.82 Å². The molecule has 34 heavy (non-hydrogen) atoms. The summed E-state index contributed by atoms with van der Waals surface area (Å²) in [6.07, 6.45) is -3.54. The van der Waals surface area contributed by atoms with Gasteiger partial charge in [0.2, 0.25) is 0 Å². The minimum Gasteiger partial charge on any atom is -0.483 e. The summed E-state index contributed by atoms with van der Waals surface area (Å²) in [5.74, 6) is -1.69. The number of nitrogens with zero attached hydrogens (tertiary/aromatic N) is 2. The number of ether oxygens (including phenoxy) is 2. The van der Waals surface area contributed by atoms with E-state index >= 15 is 4.39 Å². The molecule has 2 aromatic rings. The summed E-state index contributed by atoms with van der Waals surface area (Å²) in [5, 5.41) is 2.60. The fourth-order valence-electron chi connectivity index (χ4n) is 3.57. The molecular weight excluding hydrogens is 507 g/mol. The number of rotatable bonds is 5. The Morgan fingerprint density at radius 2 is 2.03 bits per heavy atom. The van der Waals surface area contributed by atoms with Gasteiger partial charge >= 0.3 is 6.18 Å². The van der Waals surface area contributed by atoms with Gasteiger partial charge in [-0.25, -0.2) is 18.8 Å². The Hall–Kier alpha value is -2.64. The van der Waals surface area contributed by atoms with E-state index in [1.807, 2.05) is 0 Å². The zero-order valence-corrected chi connectivity index (χ0v) is 18.8. The van der Waals surface area contributed by atoms with Crippen LogP contribution in [0.2, 0.25) is 0 Å². The Bertz CT molecular complexity index is 1100. The summed E-state index contributed by atoms with van der Waals surface area (Å²) in [5.41, 5.74) is 2.00. The number of aromatic nitrogens is 1. The van der Waals surface area contributed by atoms with Crippen LogP contribution in [0.25, 0.3) is 0 Å². The van der Waals surface area contributed by atoms with E-state index in [9.17, 15) is 22.4 Å². The number of fused-ring (bicyclic) bond motifs is 1. The Morgan fingerprint density at radius 3 is 2.71 bits per heavy atom. The number of amides is 1. The van der Waals surface area contributed by atoms with E-state index in [-0.39, 0.29) is 59.2 Å². The first kappa shape index (κ1) is 26.0. The highest BCUT2D eigenvalue weighted by atomic mass is 35.5. The third kappa shape index (κ3) is 5.05. The predicted octanol–water partition coefficient (Wildman–Crippen LogP) is 3.83. The van der Waals surface area contributed by atoms with Crippen LogP contribution in [0.5, 0.6) is 5.75 Å². The lowest BCUT2D eigenvalue weighted by Gasteiger charge is -2.38. The Kier molecular flexibility index (Phi) is 7.29. The summed E-state index contributed by atoms with van der Waals surface area (Å²) < 4.78 is 77.0. The predicted molar refractivity (Wildman–Crippen MR) is 118 cm³/mol. The van der Waals surface area contributed by atoms with Crippen LogP contribution in [-0.4, -0.2) is 53.5 Å². The first-order valence-corrected chi connectivity index (χ1v) is 10.5. The summed E-state index contributed by atoms with van der Waals surface area (Å²) >= 11 is 1.01. The van der Waals surface area contributed by atoms with Crippen molar-refractivity contribution in [2.75, 3.05) is 30.9 Å². The number of hydrogen-bond acceptors (Lipinski definition) is 7. The number of carbonyl (C=O) groups is 1. The van der Waals surface area contributed by atoms with Crippen LogP contribution < -0.4 is 15.8 Å². The van der Waals surface area contributed by atoms with Gasteiger partial charge < -0.3 is 20.5 Å². The van der Waals surface area contributed by atoms with Gasteiger partial charge in [-0.2, -0.15) is 13.2 Å². The van der Waals surface area contributed by atoms with Gasteiger partial charge in [-0.15, -0.1) is 12.4 Å². The molecule has 0 radical (unpaired) electrons. The lowest BCUT2D eigenvalue weighted by Crippen LogP contribution is -2.52. The fraction of sp³-hybridized carbons (Fsp3) is 0.350. The molecule has 184 valence electrons. The molecule has 1 aromatic carbocycles. The van der Waals surface area contributed by atoms with E-state index in [0.717, 1.165) is 30.1 Å². The SMILES string of the molecule is Cl.NC1=N[C@@]2(c3cc(NC(=O)c4ccc(OCC(F)(F)F)cn4)ccc3F)COC[C@@]2(F)CS1. The number of amidine groups is 1. The maximum atomic E-state index is 15.6. The van der Waals surface area contributed by atoms with E-state index in [1.165, 1.54) is 18.2 Å². The molecule has 0 saturated carbocycles. The normalized spacial score (nSPS) is 24.0. The Balaban J connectivity index is 0.00000324. The number of anilines is 1. The van der Waals surface area contributed by atoms with Crippen LogP contribution in [0.4, 0.5) is 27.6 Å². The summed E-state index contributed by atoms with van der Waals surface area (Å²) in [6, 6.07) is 5.92. The van der Waals surface area contributed by atoms with E-state index in [2.05, 4.69) is 20.0 Å². The number of carbonyl (C=O) groups excluding carboxylic acids is 1. The van der Waals surface area contributed by atoms with Crippen LogP contribution in [0.1, 0.15) is 16.1 Å². The zero-order valence-electron chi connectivity index (χ0n) is 17.2. The zero-order chi connectivity index (χ0) is 23.9. The lowest BCUT2D eigenvalue weighted by atomic mass is 9.79. The van der Waals surface area contributed by atoms with Gasteiger partial charge in [0, 0.05) is 17.0 Å². The van der Waals surface area contributed by atoms with Crippen LogP contribution in [-0.2, 0) is 10.3 Å². The number of thioether (sulfide) groups is 1. The van der Waals surface area contributed by atoms with Crippen molar-refractivity contribution in [3.8, 4) is 5.75 Å². The van der Waals surface area contributed by atoms with Crippen molar-refractivity contribution < 1.29 is 36.2 Å². The molecule has 3 N–H and O–H groups in total. The van der Waals surface area contributed by atoms with Gasteiger partial charge in [-0.05, 0) is 30.3 Å². The molecule has 14 heteroatoms. The number of hydrogen-bond donors (Lipinski definition) is 2. The molecule has 1 amide bonds. The minimum atomic E-state index is -4.51. The van der Waals surface area contributed by atoms with E-state index in [4.69, 9.17) is 10.5 Å². The van der Waals surface area contributed by atoms with Crippen molar-refractivity contribution in [3.63, 3.8) is 0 Å². The van der Waals surface area contributed by atoms with Gasteiger partial charge in [0.1, 0.15) is 17.3 Å². The Morgan fingerprint density at radius 1 is 1.26 bits per heavy atom. The highest BCUT2D eigenvalue weighted by Gasteiger charge is 2.61. The minimum absolute atomic E-state index is 0. The summed E-state index contributed by atoms with van der Waals surface area (Å²) in [4.78, 5) is 20.5. The second-order valence-electron chi connectivity index (χ2n) is 7.49. The third-order valence-electron chi connectivity index (χ3n) is 5.17. The largest absolute Gasteiger partial charge is 0.483 e. The van der Waals surface area contributed by atoms with Crippen molar-refractivity contribution in [2.24, 2.45) is 10.7 Å². The van der Waals surface area contributed by atoms with Gasteiger partial charge in [0.05, 0.1) is 19.4 Å². The van der Waals surface area contributed by atoms with Gasteiger partial charge in [0.15, 0.2) is 23.0 Å². The van der Waals surface area contributed by atoms with E-state index in [0.29, 0.717) is 0 Å². The molecule has 0 unspecified atom stereocenters. The average Bonchev–Trinajstić information content (AvgIpc) is 3.10. The highest BCUT2D eigenvalue weighted by molar-refractivity contribution is 8.13. The van der Waals surface area contributed by atoms with Crippen LogP contribution in [0.3, 0.4) is 0 Å². The highest BCUT2D eigenvalue weighted by Crippen LogP contribution is 2.50. The first-order valence-electron chi connectivity index (χ1n) is 9.53. The number of nitrogens with one attached hydrogen (secondary N) is 1. The maximum Gasteiger partial charge on any atom is 0.422 e. The molecule has 0 bridgehead atoms. The summed E-state index contributed by atoms with van der Waals surface area (Å²) in [7, 11) is 0. The Labute approximate surface area is 200 Å². The van der Waals surface area contributed by atoms with Crippen LogP contribution in [0.15, 0.2) is 41.5 Å². The topological polar surface area (TPSA) is 98.8 Å². The van der Waals surface area contributed by atoms with Crippen molar-refractivity contribution in [1.82, 2.24) is 4.98 Å². The number of alkyl halides is 4. The number of pyridine rings is 1. The number of aliphatic imine (C=N–C) groups is 1. The molecule has 2 aliphatic rings. The molecule has 2 aliphatic heterocycles. The van der Waals surface area contributed by atoms with E-state index in [1.54, 1.807) is 0 Å². The van der Waals surface area contributed by atoms with Crippen molar-refractivity contribution in [3.05, 3.63) is 53.6 Å². The molecular formula is C20H18ClF5N4O3S. The molecule has 1 fully saturated rings. The van der Waals surface area contributed by atoms with Gasteiger partial charge in [-0.3, -0.25) is 4.79 Å². The molecule has 2 atom stereocenters. The second kappa shape index (κ2) is 9.55. The second-order valence-corrected chi connectivity index (χ2v) is 8.48. The molecule has 0 spiro atoms. The molecule has 7 nitrogen and oxygen atoms in total. The molecule has 1 aromatic heterocycles. The van der Waals surface area contributed by atoms with Crippen LogP contribution >= 0.6 is 24.2 Å². The molecule has 3 heterocycles. The fourth-order valence-corrected chi connectivity index (χ4v) is 4.49. The van der Waals surface area contributed by atoms with E-state index < -0.39 is 35.7 Å².